The summed E-state index contributed by atoms with van der Waals surface area (Å²) in [5.74, 6) is -1.28. The van der Waals surface area contributed by atoms with Gasteiger partial charge in [-0.25, -0.2) is 9.55 Å². The van der Waals surface area contributed by atoms with E-state index in [4.69, 9.17) is 11.6 Å². The number of fused-ring (bicyclic) bond motifs is 1. The van der Waals surface area contributed by atoms with Crippen LogP contribution in [0.15, 0.2) is 35.4 Å². The lowest BCUT2D eigenvalue weighted by molar-refractivity contribution is -0.176. The minimum atomic E-state index is -4.29. The van der Waals surface area contributed by atoms with E-state index in [1.807, 2.05) is 0 Å². The number of piperidine rings is 1. The average Bonchev–Trinajstić information content (AvgIpc) is 3.03. The van der Waals surface area contributed by atoms with Crippen molar-refractivity contribution in [1.29, 1.82) is 0 Å². The molecule has 0 amide bonds. The highest BCUT2D eigenvalue weighted by molar-refractivity contribution is 6.30. The monoisotopic (exact) mass is 411 g/mol. The highest BCUT2D eigenvalue weighted by Crippen LogP contribution is 2.34. The number of hydrogen-bond donors (Lipinski definition) is 0. The third-order valence-corrected chi connectivity index (χ3v) is 5.22. The average molecular weight is 412 g/mol. The SMILES string of the molecule is Cn1cnc2c(=O)n(-c3ccc(Cl)cc3)c(N3CCCC(C(F)(F)F)C3)nc21. The van der Waals surface area contributed by atoms with E-state index in [1.165, 1.54) is 15.8 Å². The summed E-state index contributed by atoms with van der Waals surface area (Å²) >= 11 is 5.94. The first-order valence-corrected chi connectivity index (χ1v) is 9.15. The molecular formula is C18H17ClF3N5O. The molecule has 1 aromatic carbocycles. The Bertz CT molecular complexity index is 1070. The Kier molecular flexibility index (Phi) is 4.57. The fourth-order valence-electron chi connectivity index (χ4n) is 3.51. The molecular weight excluding hydrogens is 395 g/mol. The maximum atomic E-state index is 13.3. The predicted molar refractivity (Wildman–Crippen MR) is 100 cm³/mol. The van der Waals surface area contributed by atoms with Crippen molar-refractivity contribution in [2.75, 3.05) is 18.0 Å². The Morgan fingerprint density at radius 1 is 1.21 bits per heavy atom. The Hall–Kier alpha value is -2.55. The molecule has 0 spiro atoms. The van der Waals surface area contributed by atoms with Gasteiger partial charge in [-0.15, -0.1) is 0 Å². The molecule has 6 nitrogen and oxygen atoms in total. The molecule has 0 bridgehead atoms. The minimum Gasteiger partial charge on any atom is -0.341 e. The molecule has 0 N–H and O–H groups in total. The number of aryl methyl sites for hydroxylation is 1. The molecule has 3 aromatic rings. The van der Waals surface area contributed by atoms with Crippen LogP contribution in [0.25, 0.3) is 16.9 Å². The Morgan fingerprint density at radius 3 is 2.61 bits per heavy atom. The van der Waals surface area contributed by atoms with Crippen LogP contribution < -0.4 is 10.5 Å². The van der Waals surface area contributed by atoms with Crippen LogP contribution >= 0.6 is 11.6 Å². The van der Waals surface area contributed by atoms with Crippen LogP contribution in [-0.4, -0.2) is 38.4 Å². The predicted octanol–water partition coefficient (Wildman–Crippen LogP) is 3.55. The van der Waals surface area contributed by atoms with Gasteiger partial charge in [0.15, 0.2) is 11.2 Å². The molecule has 1 saturated heterocycles. The van der Waals surface area contributed by atoms with Crippen molar-refractivity contribution >= 4 is 28.7 Å². The quantitative estimate of drug-likeness (QED) is 0.647. The maximum Gasteiger partial charge on any atom is 0.393 e. The van der Waals surface area contributed by atoms with E-state index in [1.54, 1.807) is 35.9 Å². The molecule has 4 rings (SSSR count). The third kappa shape index (κ3) is 3.23. The molecule has 10 heteroatoms. The van der Waals surface area contributed by atoms with Crippen molar-refractivity contribution in [1.82, 2.24) is 19.1 Å². The zero-order valence-electron chi connectivity index (χ0n) is 14.9. The number of nitrogens with zero attached hydrogens (tertiary/aromatic N) is 5. The van der Waals surface area contributed by atoms with Crippen LogP contribution in [-0.2, 0) is 7.05 Å². The fourth-order valence-corrected chi connectivity index (χ4v) is 3.63. The normalized spacial score (nSPS) is 18.0. The van der Waals surface area contributed by atoms with Crippen molar-refractivity contribution in [2.24, 2.45) is 13.0 Å². The second kappa shape index (κ2) is 6.80. The van der Waals surface area contributed by atoms with Crippen molar-refractivity contribution in [3.8, 4) is 5.69 Å². The van der Waals surface area contributed by atoms with Crippen molar-refractivity contribution in [2.45, 2.75) is 19.0 Å². The number of benzene rings is 1. The lowest BCUT2D eigenvalue weighted by Crippen LogP contribution is -2.44. The van der Waals surface area contributed by atoms with Gasteiger partial charge in [0.05, 0.1) is 17.9 Å². The van der Waals surface area contributed by atoms with Crippen LogP contribution in [0, 0.1) is 5.92 Å². The molecule has 1 aliphatic heterocycles. The van der Waals surface area contributed by atoms with Gasteiger partial charge in [-0.1, -0.05) is 11.6 Å². The fraction of sp³-hybridized carbons (Fsp3) is 0.389. The summed E-state index contributed by atoms with van der Waals surface area (Å²) in [4.78, 5) is 23.3. The minimum absolute atomic E-state index is 0.0686. The molecule has 3 heterocycles. The zero-order valence-corrected chi connectivity index (χ0v) is 15.7. The molecule has 28 heavy (non-hydrogen) atoms. The zero-order chi connectivity index (χ0) is 20.1. The molecule has 0 aliphatic carbocycles. The van der Waals surface area contributed by atoms with Gasteiger partial charge < -0.3 is 9.47 Å². The van der Waals surface area contributed by atoms with E-state index in [-0.39, 0.29) is 24.4 Å². The summed E-state index contributed by atoms with van der Waals surface area (Å²) in [5.41, 5.74) is 0.528. The number of anilines is 1. The topological polar surface area (TPSA) is 56.0 Å². The lowest BCUT2D eigenvalue weighted by atomic mass is 9.98. The van der Waals surface area contributed by atoms with Gasteiger partial charge in [0, 0.05) is 25.2 Å². The van der Waals surface area contributed by atoms with E-state index >= 15 is 0 Å². The van der Waals surface area contributed by atoms with Crippen molar-refractivity contribution in [3.63, 3.8) is 0 Å². The summed E-state index contributed by atoms with van der Waals surface area (Å²) in [7, 11) is 1.69. The number of hydrogen-bond acceptors (Lipinski definition) is 4. The van der Waals surface area contributed by atoms with E-state index < -0.39 is 17.7 Å². The Morgan fingerprint density at radius 2 is 1.93 bits per heavy atom. The van der Waals surface area contributed by atoms with E-state index in [2.05, 4.69) is 9.97 Å². The van der Waals surface area contributed by atoms with Gasteiger partial charge in [-0.2, -0.15) is 18.2 Å². The third-order valence-electron chi connectivity index (χ3n) is 4.97. The second-order valence-corrected chi connectivity index (χ2v) is 7.32. The summed E-state index contributed by atoms with van der Waals surface area (Å²) in [6, 6.07) is 6.50. The highest BCUT2D eigenvalue weighted by atomic mass is 35.5. The number of alkyl halides is 3. The molecule has 1 fully saturated rings. The van der Waals surface area contributed by atoms with E-state index in [0.29, 0.717) is 29.3 Å². The summed E-state index contributed by atoms with van der Waals surface area (Å²) in [6.45, 7) is 0.142. The van der Waals surface area contributed by atoms with Crippen LogP contribution in [0.2, 0.25) is 5.02 Å². The number of halogens is 4. The largest absolute Gasteiger partial charge is 0.393 e. The first-order chi connectivity index (χ1) is 13.3. The molecule has 2 aromatic heterocycles. The van der Waals surface area contributed by atoms with Crippen LogP contribution in [0.4, 0.5) is 19.1 Å². The maximum absolute atomic E-state index is 13.3. The summed E-state index contributed by atoms with van der Waals surface area (Å²) in [6.07, 6.45) is -2.40. The summed E-state index contributed by atoms with van der Waals surface area (Å²) < 4.78 is 42.8. The Labute approximate surface area is 163 Å². The summed E-state index contributed by atoms with van der Waals surface area (Å²) in [5, 5.41) is 0.486. The van der Waals surface area contributed by atoms with E-state index in [0.717, 1.165) is 0 Å². The molecule has 1 unspecified atom stereocenters. The second-order valence-electron chi connectivity index (χ2n) is 6.88. The molecule has 1 atom stereocenters. The van der Waals surface area contributed by atoms with Gasteiger partial charge in [-0.3, -0.25) is 4.79 Å². The van der Waals surface area contributed by atoms with Gasteiger partial charge in [0.1, 0.15) is 0 Å². The molecule has 0 saturated carbocycles. The number of imidazole rings is 1. The van der Waals surface area contributed by atoms with Gasteiger partial charge in [-0.05, 0) is 37.1 Å². The Balaban J connectivity index is 1.91. The van der Waals surface area contributed by atoms with Crippen molar-refractivity contribution in [3.05, 3.63) is 46.0 Å². The number of rotatable bonds is 2. The van der Waals surface area contributed by atoms with Gasteiger partial charge >= 0.3 is 6.18 Å². The number of aromatic nitrogens is 4. The van der Waals surface area contributed by atoms with Gasteiger partial charge in [0.25, 0.3) is 5.56 Å². The van der Waals surface area contributed by atoms with E-state index in [9.17, 15) is 18.0 Å². The highest BCUT2D eigenvalue weighted by Gasteiger charge is 2.42. The van der Waals surface area contributed by atoms with Crippen molar-refractivity contribution < 1.29 is 13.2 Å². The van der Waals surface area contributed by atoms with Crippen LogP contribution in [0.3, 0.4) is 0 Å². The van der Waals surface area contributed by atoms with Crippen LogP contribution in [0.1, 0.15) is 12.8 Å². The smallest absolute Gasteiger partial charge is 0.341 e. The lowest BCUT2D eigenvalue weighted by Gasteiger charge is -2.35. The first-order valence-electron chi connectivity index (χ1n) is 8.77. The first kappa shape index (κ1) is 18.8. The van der Waals surface area contributed by atoms with Gasteiger partial charge in [0.2, 0.25) is 5.95 Å². The molecule has 1 aliphatic rings. The standard InChI is InChI=1S/C18H17ClF3N5O/c1-25-10-23-14-15(25)24-17(26-8-2-3-11(9-26)18(20,21)22)27(16(14)28)13-6-4-12(19)5-7-13/h4-7,10-11H,2-3,8-9H2,1H3. The molecule has 148 valence electrons. The molecule has 0 radical (unpaired) electrons. The van der Waals surface area contributed by atoms with Crippen LogP contribution in [0.5, 0.6) is 0 Å².